The van der Waals surface area contributed by atoms with Crippen molar-refractivity contribution in [1.82, 2.24) is 20.3 Å². The highest BCUT2D eigenvalue weighted by atomic mass is 32.2. The molecular formula is C25H36N6OS. The Balaban J connectivity index is 1.34. The summed E-state index contributed by atoms with van der Waals surface area (Å²) in [5.41, 5.74) is 3.21. The molecule has 1 amide bonds. The Labute approximate surface area is 201 Å². The summed E-state index contributed by atoms with van der Waals surface area (Å²) in [6, 6.07) is 4.25. The average Bonchev–Trinajstić information content (AvgIpc) is 2.83. The van der Waals surface area contributed by atoms with E-state index in [9.17, 15) is 4.79 Å². The summed E-state index contributed by atoms with van der Waals surface area (Å²) in [6.45, 7) is 2.14. The van der Waals surface area contributed by atoms with Gasteiger partial charge in [-0.05, 0) is 75.7 Å². The maximum absolute atomic E-state index is 12.9. The van der Waals surface area contributed by atoms with Crippen molar-refractivity contribution in [1.29, 1.82) is 0 Å². The van der Waals surface area contributed by atoms with Crippen LogP contribution in [0.3, 0.4) is 0 Å². The van der Waals surface area contributed by atoms with Gasteiger partial charge in [-0.25, -0.2) is 9.97 Å². The number of rotatable bonds is 8. The molecule has 0 bridgehead atoms. The third kappa shape index (κ3) is 5.96. The van der Waals surface area contributed by atoms with Gasteiger partial charge in [0.05, 0.1) is 11.3 Å². The number of aromatic nitrogens is 3. The highest BCUT2D eigenvalue weighted by Gasteiger charge is 2.25. The van der Waals surface area contributed by atoms with E-state index in [1.54, 1.807) is 18.0 Å². The number of nitrogens with zero attached hydrogens (tertiary/aromatic N) is 4. The molecule has 2 aromatic rings. The van der Waals surface area contributed by atoms with Crippen molar-refractivity contribution < 1.29 is 4.79 Å². The van der Waals surface area contributed by atoms with Crippen molar-refractivity contribution in [2.75, 3.05) is 30.1 Å². The number of aryl methyl sites for hydroxylation is 1. The quantitative estimate of drug-likeness (QED) is 0.553. The number of amides is 1. The Morgan fingerprint density at radius 1 is 1.12 bits per heavy atom. The third-order valence-electron chi connectivity index (χ3n) is 6.44. The lowest BCUT2D eigenvalue weighted by Gasteiger charge is -2.30. The first-order valence-electron chi connectivity index (χ1n) is 12.3. The molecule has 2 N–H and O–H groups in total. The first-order chi connectivity index (χ1) is 16.0. The van der Waals surface area contributed by atoms with Gasteiger partial charge in [0.25, 0.3) is 5.91 Å². The molecule has 0 spiro atoms. The fourth-order valence-corrected chi connectivity index (χ4v) is 5.56. The second kappa shape index (κ2) is 11.2. The van der Waals surface area contributed by atoms with Gasteiger partial charge in [0.2, 0.25) is 5.95 Å². The predicted octanol–water partition coefficient (Wildman–Crippen LogP) is 4.47. The molecule has 0 radical (unpaired) electrons. The molecule has 0 aromatic carbocycles. The number of hydrogen-bond donors (Lipinski definition) is 2. The molecule has 8 heteroatoms. The summed E-state index contributed by atoms with van der Waals surface area (Å²) < 4.78 is 0. The van der Waals surface area contributed by atoms with E-state index < -0.39 is 0 Å². The van der Waals surface area contributed by atoms with Gasteiger partial charge in [-0.3, -0.25) is 4.79 Å². The van der Waals surface area contributed by atoms with Gasteiger partial charge in [-0.15, -0.1) is 11.8 Å². The minimum atomic E-state index is -0.00763. The number of carbonyl (C=O) groups is 1. The Morgan fingerprint density at radius 2 is 1.88 bits per heavy atom. The molecule has 1 fully saturated rings. The van der Waals surface area contributed by atoms with E-state index in [2.05, 4.69) is 41.5 Å². The number of fused-ring (bicyclic) bond motifs is 1. The lowest BCUT2D eigenvalue weighted by atomic mass is 9.91. The normalized spacial score (nSPS) is 20.1. The van der Waals surface area contributed by atoms with Crippen LogP contribution in [0, 0.1) is 0 Å². The van der Waals surface area contributed by atoms with Gasteiger partial charge in [-0.2, -0.15) is 4.98 Å². The van der Waals surface area contributed by atoms with Gasteiger partial charge >= 0.3 is 0 Å². The molecule has 7 nitrogen and oxygen atoms in total. The largest absolute Gasteiger partial charge is 0.362 e. The molecular weight excluding hydrogens is 432 g/mol. The SMILES string of the molecule is CCCSc1ncccc1C(=O)NC1CCC(Nc2nc3c(c(N(C)C)n2)CCCC3)CC1. The number of pyridine rings is 1. The van der Waals surface area contributed by atoms with Gasteiger partial charge in [0.15, 0.2) is 0 Å². The molecule has 178 valence electrons. The Kier molecular flexibility index (Phi) is 8.06. The molecule has 0 aliphatic heterocycles. The van der Waals surface area contributed by atoms with Crippen LogP contribution >= 0.6 is 11.8 Å². The molecule has 2 aromatic heterocycles. The summed E-state index contributed by atoms with van der Waals surface area (Å²) in [7, 11) is 4.12. The van der Waals surface area contributed by atoms with E-state index in [-0.39, 0.29) is 11.9 Å². The fourth-order valence-electron chi connectivity index (χ4n) is 4.71. The lowest BCUT2D eigenvalue weighted by molar-refractivity contribution is 0.0923. The highest BCUT2D eigenvalue weighted by molar-refractivity contribution is 7.99. The van der Waals surface area contributed by atoms with Gasteiger partial charge in [0, 0.05) is 37.9 Å². The second-order valence-electron chi connectivity index (χ2n) is 9.27. The van der Waals surface area contributed by atoms with Crippen LogP contribution < -0.4 is 15.5 Å². The summed E-state index contributed by atoms with van der Waals surface area (Å²) >= 11 is 1.65. The average molecular weight is 469 g/mol. The highest BCUT2D eigenvalue weighted by Crippen LogP contribution is 2.29. The van der Waals surface area contributed by atoms with Crippen LogP contribution in [0.25, 0.3) is 0 Å². The van der Waals surface area contributed by atoms with Crippen LogP contribution in [-0.4, -0.2) is 52.8 Å². The van der Waals surface area contributed by atoms with Crippen molar-refractivity contribution in [3.8, 4) is 0 Å². The van der Waals surface area contributed by atoms with Crippen molar-refractivity contribution in [3.63, 3.8) is 0 Å². The van der Waals surface area contributed by atoms with E-state index in [4.69, 9.17) is 9.97 Å². The number of hydrogen-bond acceptors (Lipinski definition) is 7. The Bertz CT molecular complexity index is 958. The molecule has 4 rings (SSSR count). The number of nitrogens with one attached hydrogen (secondary N) is 2. The molecule has 1 saturated carbocycles. The van der Waals surface area contributed by atoms with Crippen LogP contribution in [0.2, 0.25) is 0 Å². The zero-order valence-electron chi connectivity index (χ0n) is 20.1. The van der Waals surface area contributed by atoms with E-state index in [0.717, 1.165) is 67.5 Å². The van der Waals surface area contributed by atoms with Gasteiger partial charge in [-0.1, -0.05) is 6.92 Å². The van der Waals surface area contributed by atoms with Crippen molar-refractivity contribution >= 4 is 29.4 Å². The van der Waals surface area contributed by atoms with Crippen LogP contribution in [0.15, 0.2) is 23.4 Å². The maximum atomic E-state index is 12.9. The zero-order chi connectivity index (χ0) is 23.2. The Hall–Kier alpha value is -2.35. The molecule has 2 aliphatic carbocycles. The van der Waals surface area contributed by atoms with Gasteiger partial charge in [0.1, 0.15) is 10.8 Å². The molecule has 0 saturated heterocycles. The minimum absolute atomic E-state index is 0.00763. The monoisotopic (exact) mass is 468 g/mol. The van der Waals surface area contributed by atoms with E-state index in [1.807, 2.05) is 12.1 Å². The first-order valence-corrected chi connectivity index (χ1v) is 13.3. The molecule has 0 atom stereocenters. The van der Waals surface area contributed by atoms with Crippen LogP contribution in [-0.2, 0) is 12.8 Å². The summed E-state index contributed by atoms with van der Waals surface area (Å²) in [4.78, 5) is 29.1. The fraction of sp³-hybridized carbons (Fsp3) is 0.600. The topological polar surface area (TPSA) is 83.0 Å². The number of thioether (sulfide) groups is 1. The van der Waals surface area contributed by atoms with E-state index in [0.29, 0.717) is 11.6 Å². The van der Waals surface area contributed by atoms with Crippen molar-refractivity contribution in [2.24, 2.45) is 0 Å². The summed E-state index contributed by atoms with van der Waals surface area (Å²) in [5, 5.41) is 7.66. The third-order valence-corrected chi connectivity index (χ3v) is 7.65. The number of anilines is 2. The molecule has 33 heavy (non-hydrogen) atoms. The standard InChI is InChI=1S/C25H36N6OS/c1-4-16-33-24-20(9-7-15-26-24)23(32)27-17-11-13-18(14-12-17)28-25-29-21-10-6-5-8-19(21)22(30-25)31(2)3/h7,9,15,17-18H,4-6,8,10-14,16H2,1-3H3,(H,27,32)(H,28,29,30). The minimum Gasteiger partial charge on any atom is -0.362 e. The zero-order valence-corrected chi connectivity index (χ0v) is 20.9. The molecule has 2 aliphatic rings. The van der Waals surface area contributed by atoms with E-state index >= 15 is 0 Å². The lowest BCUT2D eigenvalue weighted by Crippen LogP contribution is -2.40. The second-order valence-corrected chi connectivity index (χ2v) is 10.4. The smallest absolute Gasteiger partial charge is 0.254 e. The maximum Gasteiger partial charge on any atom is 0.254 e. The predicted molar refractivity (Wildman–Crippen MR) is 135 cm³/mol. The van der Waals surface area contributed by atoms with Crippen LogP contribution in [0.5, 0.6) is 0 Å². The molecule has 2 heterocycles. The number of carbonyl (C=O) groups excluding carboxylic acids is 1. The first kappa shape index (κ1) is 23.8. The Morgan fingerprint density at radius 3 is 2.64 bits per heavy atom. The van der Waals surface area contributed by atoms with E-state index in [1.165, 1.54) is 24.1 Å². The summed E-state index contributed by atoms with van der Waals surface area (Å²) in [5.74, 6) is 2.76. The van der Waals surface area contributed by atoms with Crippen LogP contribution in [0.4, 0.5) is 11.8 Å². The van der Waals surface area contributed by atoms with Gasteiger partial charge < -0.3 is 15.5 Å². The van der Waals surface area contributed by atoms with Crippen molar-refractivity contribution in [3.05, 3.63) is 35.2 Å². The summed E-state index contributed by atoms with van der Waals surface area (Å²) in [6.07, 6.45) is 11.2. The van der Waals surface area contributed by atoms with Crippen LogP contribution in [0.1, 0.15) is 73.5 Å². The van der Waals surface area contributed by atoms with Crippen molar-refractivity contribution in [2.45, 2.75) is 81.8 Å². The molecule has 0 unspecified atom stereocenters.